The molecule has 3 aromatic heterocycles. The monoisotopic (exact) mass is 350 g/mol. The van der Waals surface area contributed by atoms with Gasteiger partial charge in [-0.1, -0.05) is 12.2 Å². The number of rotatable bonds is 3. The summed E-state index contributed by atoms with van der Waals surface area (Å²) in [7, 11) is 0. The molecule has 0 aromatic carbocycles. The van der Waals surface area contributed by atoms with Crippen molar-refractivity contribution >= 4 is 37.3 Å². The van der Waals surface area contributed by atoms with Crippen molar-refractivity contribution in [3.8, 4) is 0 Å². The van der Waals surface area contributed by atoms with Crippen LogP contribution in [0.25, 0.3) is 20.3 Å². The Morgan fingerprint density at radius 2 is 2.20 bits per heavy atom. The zero-order valence-corrected chi connectivity index (χ0v) is 14.4. The van der Waals surface area contributed by atoms with Gasteiger partial charge in [0.05, 0.1) is 6.04 Å². The Labute approximate surface area is 148 Å². The molecule has 1 atom stereocenters. The van der Waals surface area contributed by atoms with E-state index in [9.17, 15) is 4.79 Å². The Hall–Kier alpha value is -2.60. The maximum Gasteiger partial charge on any atom is 0.269 e. The van der Waals surface area contributed by atoms with Gasteiger partial charge in [0, 0.05) is 40.6 Å². The highest BCUT2D eigenvalue weighted by Crippen LogP contribution is 2.37. The molecule has 5 nitrogen and oxygen atoms in total. The van der Waals surface area contributed by atoms with E-state index in [1.165, 1.54) is 24.2 Å². The van der Waals surface area contributed by atoms with E-state index in [0.717, 1.165) is 38.1 Å². The van der Waals surface area contributed by atoms with Crippen LogP contribution in [0.15, 0.2) is 53.2 Å². The fourth-order valence-corrected chi connectivity index (χ4v) is 4.47. The first-order valence-corrected chi connectivity index (χ1v) is 9.35. The van der Waals surface area contributed by atoms with Gasteiger partial charge in [0.2, 0.25) is 0 Å². The van der Waals surface area contributed by atoms with Crippen LogP contribution in [-0.4, -0.2) is 15.6 Å². The predicted molar refractivity (Wildman–Crippen MR) is 103 cm³/mol. The van der Waals surface area contributed by atoms with Gasteiger partial charge in [-0.05, 0) is 37.5 Å². The van der Waals surface area contributed by atoms with Crippen molar-refractivity contribution in [2.45, 2.75) is 31.3 Å². The quantitative estimate of drug-likeness (QED) is 0.758. The number of nitrogens with two attached hydrogens (primary N) is 1. The number of fused-ring (bicyclic) bond motifs is 3. The third kappa shape index (κ3) is 2.44. The molecular weight excluding hydrogens is 332 g/mol. The van der Waals surface area contributed by atoms with Gasteiger partial charge < -0.3 is 15.6 Å². The molecule has 5 rings (SSSR count). The van der Waals surface area contributed by atoms with Crippen molar-refractivity contribution in [3.05, 3.63) is 58.8 Å². The standard InChI is InChI=1S/C19H18N4OS/c20-11-1-5-13(6-2-11)23-10-8-14-16-15(22-12-3-4-12)7-9-21-18(16)25-17(14)19(23)24/h1-2,5,7-10,12-13H,3-4,6,20H2,(H,21,22). The van der Waals surface area contributed by atoms with Crippen LogP contribution >= 0.6 is 11.3 Å². The largest absolute Gasteiger partial charge is 0.399 e. The average molecular weight is 350 g/mol. The smallest absolute Gasteiger partial charge is 0.269 e. The van der Waals surface area contributed by atoms with Crippen molar-refractivity contribution in [2.75, 3.05) is 5.32 Å². The Balaban J connectivity index is 1.67. The third-order valence-electron chi connectivity index (χ3n) is 4.86. The van der Waals surface area contributed by atoms with E-state index in [0.29, 0.717) is 6.04 Å². The van der Waals surface area contributed by atoms with E-state index < -0.39 is 0 Å². The Kier molecular flexibility index (Phi) is 3.21. The van der Waals surface area contributed by atoms with Crippen LogP contribution in [-0.2, 0) is 0 Å². The van der Waals surface area contributed by atoms with Crippen LogP contribution in [0.3, 0.4) is 0 Å². The minimum Gasteiger partial charge on any atom is -0.399 e. The lowest BCUT2D eigenvalue weighted by molar-refractivity contribution is 0.588. The topological polar surface area (TPSA) is 72.9 Å². The number of nitrogens with one attached hydrogen (secondary N) is 1. The van der Waals surface area contributed by atoms with E-state index >= 15 is 0 Å². The number of aromatic nitrogens is 2. The number of hydrogen-bond donors (Lipinski definition) is 2. The minimum atomic E-state index is 0.0198. The highest BCUT2D eigenvalue weighted by Gasteiger charge is 2.23. The molecule has 0 radical (unpaired) electrons. The van der Waals surface area contributed by atoms with Gasteiger partial charge in [-0.2, -0.15) is 0 Å². The van der Waals surface area contributed by atoms with Crippen LogP contribution < -0.4 is 16.6 Å². The van der Waals surface area contributed by atoms with Crippen LogP contribution in [0.5, 0.6) is 0 Å². The van der Waals surface area contributed by atoms with Crippen molar-refractivity contribution in [2.24, 2.45) is 5.73 Å². The number of allylic oxidation sites excluding steroid dienone is 3. The molecule has 0 amide bonds. The molecular formula is C19H18N4OS. The van der Waals surface area contributed by atoms with Crippen molar-refractivity contribution < 1.29 is 0 Å². The van der Waals surface area contributed by atoms with Crippen molar-refractivity contribution in [1.82, 2.24) is 9.55 Å². The van der Waals surface area contributed by atoms with E-state index in [2.05, 4.69) is 10.3 Å². The average Bonchev–Trinajstić information content (AvgIpc) is 3.34. The summed E-state index contributed by atoms with van der Waals surface area (Å²) in [6.07, 6.45) is 12.7. The Bertz CT molecular complexity index is 1100. The number of hydrogen-bond acceptors (Lipinski definition) is 5. The molecule has 3 N–H and O–H groups in total. The molecule has 1 saturated carbocycles. The van der Waals surface area contributed by atoms with E-state index in [1.807, 2.05) is 42.8 Å². The minimum absolute atomic E-state index is 0.0198. The van der Waals surface area contributed by atoms with E-state index in [4.69, 9.17) is 5.73 Å². The van der Waals surface area contributed by atoms with Gasteiger partial charge in [-0.15, -0.1) is 11.3 Å². The second kappa shape index (κ2) is 5.46. The lowest BCUT2D eigenvalue weighted by Gasteiger charge is -2.17. The zero-order valence-electron chi connectivity index (χ0n) is 13.6. The van der Waals surface area contributed by atoms with Crippen molar-refractivity contribution in [3.63, 3.8) is 0 Å². The number of pyridine rings is 2. The van der Waals surface area contributed by atoms with Crippen LogP contribution in [0.2, 0.25) is 0 Å². The highest BCUT2D eigenvalue weighted by atomic mass is 32.1. The van der Waals surface area contributed by atoms with Gasteiger partial charge in [0.25, 0.3) is 5.56 Å². The molecule has 0 spiro atoms. The summed E-state index contributed by atoms with van der Waals surface area (Å²) in [5.41, 5.74) is 7.68. The predicted octanol–water partition coefficient (Wildman–Crippen LogP) is 3.53. The molecule has 25 heavy (non-hydrogen) atoms. The molecule has 2 aliphatic rings. The molecule has 0 bridgehead atoms. The van der Waals surface area contributed by atoms with Gasteiger partial charge in [0.1, 0.15) is 9.53 Å². The summed E-state index contributed by atoms with van der Waals surface area (Å²) in [6, 6.07) is 4.64. The Morgan fingerprint density at radius 1 is 1.32 bits per heavy atom. The first-order chi connectivity index (χ1) is 12.2. The Morgan fingerprint density at radius 3 is 2.96 bits per heavy atom. The van der Waals surface area contributed by atoms with Crippen LogP contribution in [0.4, 0.5) is 5.69 Å². The van der Waals surface area contributed by atoms with E-state index in [-0.39, 0.29) is 11.6 Å². The summed E-state index contributed by atoms with van der Waals surface area (Å²) < 4.78 is 2.57. The summed E-state index contributed by atoms with van der Waals surface area (Å²) >= 11 is 1.48. The first kappa shape index (κ1) is 14.7. The zero-order chi connectivity index (χ0) is 17.0. The van der Waals surface area contributed by atoms with Crippen molar-refractivity contribution in [1.29, 1.82) is 0 Å². The molecule has 6 heteroatoms. The molecule has 3 heterocycles. The number of anilines is 1. The lowest BCUT2D eigenvalue weighted by Crippen LogP contribution is -2.23. The molecule has 126 valence electrons. The maximum absolute atomic E-state index is 13.1. The molecule has 0 aliphatic heterocycles. The normalized spacial score (nSPS) is 20.2. The molecule has 1 unspecified atom stereocenters. The lowest BCUT2D eigenvalue weighted by atomic mass is 10.1. The first-order valence-electron chi connectivity index (χ1n) is 8.53. The van der Waals surface area contributed by atoms with Gasteiger partial charge in [-0.25, -0.2) is 4.98 Å². The van der Waals surface area contributed by atoms with Gasteiger partial charge >= 0.3 is 0 Å². The molecule has 2 aliphatic carbocycles. The molecule has 0 saturated heterocycles. The van der Waals surface area contributed by atoms with E-state index in [1.54, 1.807) is 4.57 Å². The summed E-state index contributed by atoms with van der Waals surface area (Å²) in [4.78, 5) is 18.5. The number of nitrogens with zero attached hydrogens (tertiary/aromatic N) is 2. The fraction of sp³-hybridized carbons (Fsp3) is 0.263. The summed E-state index contributed by atoms with van der Waals surface area (Å²) in [6.45, 7) is 0. The van der Waals surface area contributed by atoms with Crippen LogP contribution in [0, 0.1) is 0 Å². The second-order valence-corrected chi connectivity index (χ2v) is 7.70. The third-order valence-corrected chi connectivity index (χ3v) is 5.96. The maximum atomic E-state index is 13.1. The molecule has 1 fully saturated rings. The highest BCUT2D eigenvalue weighted by molar-refractivity contribution is 7.25. The fourth-order valence-electron chi connectivity index (χ4n) is 3.36. The molecule has 3 aromatic rings. The van der Waals surface area contributed by atoms with Gasteiger partial charge in [-0.3, -0.25) is 4.79 Å². The van der Waals surface area contributed by atoms with Gasteiger partial charge in [0.15, 0.2) is 0 Å². The summed E-state index contributed by atoms with van der Waals surface area (Å²) in [5.74, 6) is 0. The van der Waals surface area contributed by atoms with Crippen LogP contribution in [0.1, 0.15) is 25.3 Å². The number of thiophene rings is 1. The second-order valence-electron chi connectivity index (χ2n) is 6.70. The summed E-state index contributed by atoms with van der Waals surface area (Å²) in [5, 5.41) is 5.63. The SMILES string of the molecule is NC1=CCC(n2ccc3c(sc4nccc(NC5CC5)c43)c2=O)C=C1.